The van der Waals surface area contributed by atoms with Crippen LogP contribution in [0.2, 0.25) is 0 Å². The molecule has 0 saturated carbocycles. The number of nitrogens with one attached hydrogen (secondary N) is 2. The molecule has 0 unspecified atom stereocenters. The summed E-state index contributed by atoms with van der Waals surface area (Å²) >= 11 is 0. The number of nitrogens with zero attached hydrogens (tertiary/aromatic N) is 1. The van der Waals surface area contributed by atoms with Gasteiger partial charge in [0.25, 0.3) is 5.91 Å². The molecule has 1 rings (SSSR count). The Morgan fingerprint density at radius 3 is 2.72 bits per heavy atom. The van der Waals surface area contributed by atoms with Crippen molar-refractivity contribution in [2.24, 2.45) is 5.41 Å². The lowest BCUT2D eigenvalue weighted by Crippen LogP contribution is -2.28. The van der Waals surface area contributed by atoms with E-state index in [0.29, 0.717) is 18.7 Å². The Morgan fingerprint density at radius 2 is 2.17 bits per heavy atom. The fourth-order valence-corrected chi connectivity index (χ4v) is 1.56. The lowest BCUT2D eigenvalue weighted by molar-refractivity contribution is -0.137. The van der Waals surface area contributed by atoms with Crippen molar-refractivity contribution in [3.63, 3.8) is 0 Å². The molecule has 0 aliphatic rings. The zero-order chi connectivity index (χ0) is 13.6. The highest BCUT2D eigenvalue weighted by molar-refractivity contribution is 5.91. The van der Waals surface area contributed by atoms with Crippen molar-refractivity contribution in [2.45, 2.75) is 33.1 Å². The van der Waals surface area contributed by atoms with Gasteiger partial charge in [-0.3, -0.25) is 9.59 Å². The van der Waals surface area contributed by atoms with Crippen LogP contribution in [0.5, 0.6) is 0 Å². The van der Waals surface area contributed by atoms with Crippen molar-refractivity contribution in [3.8, 4) is 0 Å². The SMILES string of the molecule is CC(C)(CCNC(=O)c1cnc[nH]1)CCC(=O)O. The summed E-state index contributed by atoms with van der Waals surface area (Å²) in [5.74, 6) is -0.980. The van der Waals surface area contributed by atoms with Gasteiger partial charge in [0.1, 0.15) is 5.69 Å². The average Bonchev–Trinajstić information content (AvgIpc) is 2.79. The van der Waals surface area contributed by atoms with Crippen LogP contribution >= 0.6 is 0 Å². The first-order chi connectivity index (χ1) is 8.41. The highest BCUT2D eigenvalue weighted by atomic mass is 16.4. The molecule has 0 radical (unpaired) electrons. The number of carbonyl (C=O) groups excluding carboxylic acids is 1. The number of aromatic amines is 1. The summed E-state index contributed by atoms with van der Waals surface area (Å²) in [7, 11) is 0. The molecule has 6 heteroatoms. The molecule has 3 N–H and O–H groups in total. The number of H-pyrrole nitrogens is 1. The summed E-state index contributed by atoms with van der Waals surface area (Å²) in [6, 6.07) is 0. The second-order valence-corrected chi connectivity index (χ2v) is 5.03. The van der Waals surface area contributed by atoms with Crippen molar-refractivity contribution < 1.29 is 14.7 Å². The zero-order valence-electron chi connectivity index (χ0n) is 10.7. The molecule has 0 aliphatic heterocycles. The number of aliphatic carboxylic acids is 1. The molecule has 1 heterocycles. The van der Waals surface area contributed by atoms with E-state index in [9.17, 15) is 9.59 Å². The van der Waals surface area contributed by atoms with Crippen molar-refractivity contribution in [1.82, 2.24) is 15.3 Å². The van der Waals surface area contributed by atoms with E-state index in [2.05, 4.69) is 15.3 Å². The van der Waals surface area contributed by atoms with Gasteiger partial charge in [-0.05, 0) is 18.3 Å². The number of imidazole rings is 1. The van der Waals surface area contributed by atoms with E-state index >= 15 is 0 Å². The van der Waals surface area contributed by atoms with Crippen LogP contribution in [0, 0.1) is 5.41 Å². The van der Waals surface area contributed by atoms with E-state index < -0.39 is 5.97 Å². The Kier molecular flexibility index (Phi) is 4.88. The van der Waals surface area contributed by atoms with Gasteiger partial charge in [0.15, 0.2) is 0 Å². The molecular formula is C12H19N3O3. The molecule has 100 valence electrons. The quantitative estimate of drug-likeness (QED) is 0.684. The maximum atomic E-state index is 11.6. The second kappa shape index (κ2) is 6.18. The topological polar surface area (TPSA) is 95.1 Å². The van der Waals surface area contributed by atoms with E-state index in [1.54, 1.807) is 0 Å². The number of carbonyl (C=O) groups is 2. The summed E-state index contributed by atoms with van der Waals surface area (Å²) < 4.78 is 0. The van der Waals surface area contributed by atoms with Gasteiger partial charge in [-0.2, -0.15) is 0 Å². The number of rotatable bonds is 7. The second-order valence-electron chi connectivity index (χ2n) is 5.03. The Morgan fingerprint density at radius 1 is 1.44 bits per heavy atom. The van der Waals surface area contributed by atoms with Crippen LogP contribution in [0.4, 0.5) is 0 Å². The smallest absolute Gasteiger partial charge is 0.303 e. The molecule has 6 nitrogen and oxygen atoms in total. The van der Waals surface area contributed by atoms with E-state index in [0.717, 1.165) is 6.42 Å². The van der Waals surface area contributed by atoms with Gasteiger partial charge in [-0.15, -0.1) is 0 Å². The van der Waals surface area contributed by atoms with Gasteiger partial charge in [-0.1, -0.05) is 13.8 Å². The Labute approximate surface area is 106 Å². The van der Waals surface area contributed by atoms with Crippen molar-refractivity contribution in [1.29, 1.82) is 0 Å². The molecule has 0 aromatic carbocycles. The lowest BCUT2D eigenvalue weighted by Gasteiger charge is -2.23. The normalized spacial score (nSPS) is 11.2. The number of aromatic nitrogens is 2. The number of hydrogen-bond donors (Lipinski definition) is 3. The average molecular weight is 253 g/mol. The van der Waals surface area contributed by atoms with Gasteiger partial charge in [0.2, 0.25) is 0 Å². The molecular weight excluding hydrogens is 234 g/mol. The lowest BCUT2D eigenvalue weighted by atomic mass is 9.84. The largest absolute Gasteiger partial charge is 0.481 e. The fraction of sp³-hybridized carbons (Fsp3) is 0.583. The first kappa shape index (κ1) is 14.2. The van der Waals surface area contributed by atoms with Crippen molar-refractivity contribution >= 4 is 11.9 Å². The molecule has 1 aromatic rings. The third-order valence-electron chi connectivity index (χ3n) is 2.85. The minimum absolute atomic E-state index is 0.0976. The minimum Gasteiger partial charge on any atom is -0.481 e. The van der Waals surface area contributed by atoms with Gasteiger partial charge in [0, 0.05) is 13.0 Å². The minimum atomic E-state index is -0.787. The molecule has 0 atom stereocenters. The van der Waals surface area contributed by atoms with Crippen LogP contribution in [0.3, 0.4) is 0 Å². The van der Waals surface area contributed by atoms with Gasteiger partial charge < -0.3 is 15.4 Å². The molecule has 0 spiro atoms. The highest BCUT2D eigenvalue weighted by Gasteiger charge is 2.19. The monoisotopic (exact) mass is 253 g/mol. The zero-order valence-corrected chi connectivity index (χ0v) is 10.7. The maximum absolute atomic E-state index is 11.6. The van der Waals surface area contributed by atoms with Gasteiger partial charge in [-0.25, -0.2) is 4.98 Å². The van der Waals surface area contributed by atoms with Crippen LogP contribution in [-0.4, -0.2) is 33.5 Å². The summed E-state index contributed by atoms with van der Waals surface area (Å²) in [6.45, 7) is 4.51. The molecule has 1 aromatic heterocycles. The summed E-state index contributed by atoms with van der Waals surface area (Å²) in [4.78, 5) is 28.6. The van der Waals surface area contributed by atoms with E-state index in [1.807, 2.05) is 13.8 Å². The Hall–Kier alpha value is -1.85. The molecule has 1 amide bonds. The van der Waals surface area contributed by atoms with Gasteiger partial charge in [0.05, 0.1) is 12.5 Å². The molecule has 0 bridgehead atoms. The van der Waals surface area contributed by atoms with Crippen LogP contribution in [-0.2, 0) is 4.79 Å². The predicted molar refractivity (Wildman–Crippen MR) is 66.2 cm³/mol. The van der Waals surface area contributed by atoms with Crippen LogP contribution in [0.1, 0.15) is 43.6 Å². The third-order valence-corrected chi connectivity index (χ3v) is 2.85. The van der Waals surface area contributed by atoms with E-state index in [-0.39, 0.29) is 17.7 Å². The number of amides is 1. The van der Waals surface area contributed by atoms with Crippen LogP contribution in [0.15, 0.2) is 12.5 Å². The van der Waals surface area contributed by atoms with Gasteiger partial charge >= 0.3 is 5.97 Å². The predicted octanol–water partition coefficient (Wildman–Crippen LogP) is 1.42. The number of carboxylic acids is 1. The molecule has 0 saturated heterocycles. The molecule has 18 heavy (non-hydrogen) atoms. The summed E-state index contributed by atoms with van der Waals surface area (Å²) in [5.41, 5.74) is 0.331. The standard InChI is InChI=1S/C12H19N3O3/c1-12(2,4-3-10(16)17)5-6-14-11(18)9-7-13-8-15-9/h7-8H,3-6H2,1-2H3,(H,13,15)(H,14,18)(H,16,17). The molecule has 0 aliphatic carbocycles. The van der Waals surface area contributed by atoms with E-state index in [4.69, 9.17) is 5.11 Å². The number of hydrogen-bond acceptors (Lipinski definition) is 3. The highest BCUT2D eigenvalue weighted by Crippen LogP contribution is 2.25. The summed E-state index contributed by atoms with van der Waals surface area (Å²) in [6.07, 6.45) is 4.40. The number of carboxylic acid groups (broad SMARTS) is 1. The maximum Gasteiger partial charge on any atom is 0.303 e. The summed E-state index contributed by atoms with van der Waals surface area (Å²) in [5, 5.41) is 11.4. The van der Waals surface area contributed by atoms with Crippen molar-refractivity contribution in [2.75, 3.05) is 6.54 Å². The fourth-order valence-electron chi connectivity index (χ4n) is 1.56. The van der Waals surface area contributed by atoms with E-state index in [1.165, 1.54) is 12.5 Å². The van der Waals surface area contributed by atoms with Crippen LogP contribution in [0.25, 0.3) is 0 Å². The first-order valence-corrected chi connectivity index (χ1v) is 5.89. The first-order valence-electron chi connectivity index (χ1n) is 5.89. The van der Waals surface area contributed by atoms with Crippen LogP contribution < -0.4 is 5.32 Å². The Bertz CT molecular complexity index is 399. The molecule has 0 fully saturated rings. The van der Waals surface area contributed by atoms with Crippen molar-refractivity contribution in [3.05, 3.63) is 18.2 Å². The third kappa shape index (κ3) is 4.99. The Balaban J connectivity index is 2.28.